The van der Waals surface area contributed by atoms with Crippen molar-refractivity contribution in [2.45, 2.75) is 50.4 Å². The Kier molecular flexibility index (Phi) is 3.15. The van der Waals surface area contributed by atoms with Gasteiger partial charge in [-0.3, -0.25) is 14.5 Å². The van der Waals surface area contributed by atoms with Crippen molar-refractivity contribution in [1.29, 1.82) is 0 Å². The summed E-state index contributed by atoms with van der Waals surface area (Å²) in [4.78, 5) is 26.7. The molecule has 0 aromatic carbocycles. The Morgan fingerprint density at radius 1 is 0.952 bits per heavy atom. The standard InChI is InChI=1S/C16H21NO4/c18-14-12-3-1-2-4-13(12)15(19)17(14)11-5-7-16(8-6-11)20-9-10-21-16/h1-2,11-13H,3-10H2. The number of carbonyl (C=O) groups is 2. The zero-order valence-electron chi connectivity index (χ0n) is 12.1. The van der Waals surface area contributed by atoms with E-state index in [4.69, 9.17) is 9.47 Å². The van der Waals surface area contributed by atoms with Gasteiger partial charge < -0.3 is 9.47 Å². The number of ether oxygens (including phenoxy) is 2. The summed E-state index contributed by atoms with van der Waals surface area (Å²) in [7, 11) is 0. The topological polar surface area (TPSA) is 55.8 Å². The SMILES string of the molecule is O=C1C2CC=CCC2C(=O)N1C1CCC2(CC1)OCCO2. The van der Waals surface area contributed by atoms with Crippen LogP contribution in [0.2, 0.25) is 0 Å². The number of allylic oxidation sites excluding steroid dienone is 2. The van der Waals surface area contributed by atoms with Crippen molar-refractivity contribution in [2.24, 2.45) is 11.8 Å². The molecular weight excluding hydrogens is 270 g/mol. The number of hydrogen-bond donors (Lipinski definition) is 0. The van der Waals surface area contributed by atoms with Crippen molar-refractivity contribution < 1.29 is 19.1 Å². The van der Waals surface area contributed by atoms with Crippen molar-refractivity contribution in [1.82, 2.24) is 4.90 Å². The van der Waals surface area contributed by atoms with E-state index in [2.05, 4.69) is 0 Å². The monoisotopic (exact) mass is 291 g/mol. The molecule has 3 fully saturated rings. The fourth-order valence-electron chi connectivity index (χ4n) is 4.27. The molecule has 1 saturated carbocycles. The number of likely N-dealkylation sites (tertiary alicyclic amines) is 1. The minimum atomic E-state index is -0.434. The van der Waals surface area contributed by atoms with Gasteiger partial charge in [-0.15, -0.1) is 0 Å². The van der Waals surface area contributed by atoms with Crippen molar-refractivity contribution >= 4 is 11.8 Å². The average Bonchev–Trinajstić information content (AvgIpc) is 3.06. The molecule has 0 N–H and O–H groups in total. The van der Waals surface area contributed by atoms with Crippen LogP contribution >= 0.6 is 0 Å². The molecule has 21 heavy (non-hydrogen) atoms. The molecule has 0 radical (unpaired) electrons. The number of nitrogens with zero attached hydrogens (tertiary/aromatic N) is 1. The van der Waals surface area contributed by atoms with Gasteiger partial charge >= 0.3 is 0 Å². The summed E-state index contributed by atoms with van der Waals surface area (Å²) in [6, 6.07) is 0.0361. The number of amides is 2. The molecule has 5 heteroatoms. The summed E-state index contributed by atoms with van der Waals surface area (Å²) in [5.41, 5.74) is 0. The second-order valence-electron chi connectivity index (χ2n) is 6.54. The van der Waals surface area contributed by atoms with Gasteiger partial charge in [0.1, 0.15) is 0 Å². The normalized spacial score (nSPS) is 35.7. The van der Waals surface area contributed by atoms with Crippen LogP contribution < -0.4 is 0 Å². The lowest BCUT2D eigenvalue weighted by Crippen LogP contribution is -2.47. The second kappa shape index (κ2) is 4.92. The van der Waals surface area contributed by atoms with Gasteiger partial charge in [-0.1, -0.05) is 12.2 Å². The molecular formula is C16H21NO4. The molecule has 0 aromatic heterocycles. The van der Waals surface area contributed by atoms with Crippen LogP contribution in [0.3, 0.4) is 0 Å². The van der Waals surface area contributed by atoms with E-state index in [-0.39, 0.29) is 29.7 Å². The van der Waals surface area contributed by atoms with Crippen LogP contribution in [0.1, 0.15) is 38.5 Å². The number of hydrogen-bond acceptors (Lipinski definition) is 4. The Morgan fingerprint density at radius 3 is 2.00 bits per heavy atom. The fourth-order valence-corrected chi connectivity index (χ4v) is 4.27. The van der Waals surface area contributed by atoms with E-state index in [1.54, 1.807) is 4.90 Å². The van der Waals surface area contributed by atoms with E-state index in [1.165, 1.54) is 0 Å². The molecule has 2 heterocycles. The molecule has 114 valence electrons. The van der Waals surface area contributed by atoms with Gasteiger partial charge in [-0.05, 0) is 25.7 Å². The largest absolute Gasteiger partial charge is 0.348 e. The summed E-state index contributed by atoms with van der Waals surface area (Å²) >= 11 is 0. The molecule has 4 aliphatic rings. The van der Waals surface area contributed by atoms with Crippen LogP contribution in [0.5, 0.6) is 0 Å². The average molecular weight is 291 g/mol. The zero-order chi connectivity index (χ0) is 14.4. The number of imide groups is 1. The van der Waals surface area contributed by atoms with Crippen molar-refractivity contribution in [3.05, 3.63) is 12.2 Å². The molecule has 0 aromatic rings. The zero-order valence-corrected chi connectivity index (χ0v) is 12.1. The highest BCUT2D eigenvalue weighted by Gasteiger charge is 2.51. The van der Waals surface area contributed by atoms with Gasteiger partial charge in [-0.25, -0.2) is 0 Å². The molecule has 0 bridgehead atoms. The maximum Gasteiger partial charge on any atom is 0.233 e. The molecule has 1 spiro atoms. The van der Waals surface area contributed by atoms with E-state index in [0.29, 0.717) is 26.1 Å². The highest BCUT2D eigenvalue weighted by molar-refractivity contribution is 6.05. The molecule has 5 nitrogen and oxygen atoms in total. The van der Waals surface area contributed by atoms with Crippen LogP contribution in [-0.4, -0.2) is 41.8 Å². The van der Waals surface area contributed by atoms with Gasteiger partial charge in [0.15, 0.2) is 5.79 Å². The van der Waals surface area contributed by atoms with Gasteiger partial charge in [-0.2, -0.15) is 0 Å². The quantitative estimate of drug-likeness (QED) is 0.544. The summed E-state index contributed by atoms with van der Waals surface area (Å²) in [5, 5.41) is 0. The minimum absolute atomic E-state index is 0.0361. The lowest BCUT2D eigenvalue weighted by Gasteiger charge is -2.38. The summed E-state index contributed by atoms with van der Waals surface area (Å²) < 4.78 is 11.4. The lowest BCUT2D eigenvalue weighted by atomic mass is 9.85. The summed E-state index contributed by atoms with van der Waals surface area (Å²) in [6.45, 7) is 1.31. The predicted octanol–water partition coefficient (Wildman–Crippen LogP) is 1.62. The Hall–Kier alpha value is -1.20. The molecule has 2 saturated heterocycles. The van der Waals surface area contributed by atoms with Crippen molar-refractivity contribution in [3.63, 3.8) is 0 Å². The van der Waals surface area contributed by atoms with Gasteiger partial charge in [0.25, 0.3) is 0 Å². The molecule has 4 rings (SSSR count). The molecule has 2 unspecified atom stereocenters. The number of fused-ring (bicyclic) bond motifs is 1. The second-order valence-corrected chi connectivity index (χ2v) is 6.54. The Bertz CT molecular complexity index is 459. The molecule has 2 amide bonds. The highest BCUT2D eigenvalue weighted by Crippen LogP contribution is 2.42. The first-order valence-corrected chi connectivity index (χ1v) is 8.00. The lowest BCUT2D eigenvalue weighted by molar-refractivity contribution is -0.185. The number of rotatable bonds is 1. The Balaban J connectivity index is 1.47. The summed E-state index contributed by atoms with van der Waals surface area (Å²) in [6.07, 6.45) is 8.65. The van der Waals surface area contributed by atoms with Crippen LogP contribution in [0.4, 0.5) is 0 Å². The van der Waals surface area contributed by atoms with Crippen LogP contribution in [0, 0.1) is 11.8 Å². The Labute approximate surface area is 124 Å². The maximum atomic E-state index is 12.6. The minimum Gasteiger partial charge on any atom is -0.348 e. The third-order valence-electron chi connectivity index (χ3n) is 5.44. The highest BCUT2D eigenvalue weighted by atomic mass is 16.7. The maximum absolute atomic E-state index is 12.6. The summed E-state index contributed by atoms with van der Waals surface area (Å²) in [5.74, 6) is -0.571. The van der Waals surface area contributed by atoms with Crippen molar-refractivity contribution in [2.75, 3.05) is 13.2 Å². The van der Waals surface area contributed by atoms with E-state index >= 15 is 0 Å². The van der Waals surface area contributed by atoms with E-state index in [1.807, 2.05) is 12.2 Å². The van der Waals surface area contributed by atoms with Gasteiger partial charge in [0, 0.05) is 18.9 Å². The van der Waals surface area contributed by atoms with E-state index < -0.39 is 5.79 Å². The van der Waals surface area contributed by atoms with Crippen LogP contribution in [0.25, 0.3) is 0 Å². The fraction of sp³-hybridized carbons (Fsp3) is 0.750. The van der Waals surface area contributed by atoms with Gasteiger partial charge in [0.2, 0.25) is 11.8 Å². The smallest absolute Gasteiger partial charge is 0.233 e. The van der Waals surface area contributed by atoms with E-state index in [9.17, 15) is 9.59 Å². The van der Waals surface area contributed by atoms with E-state index in [0.717, 1.165) is 25.7 Å². The first-order valence-electron chi connectivity index (χ1n) is 8.00. The van der Waals surface area contributed by atoms with Crippen LogP contribution in [-0.2, 0) is 19.1 Å². The molecule has 2 atom stereocenters. The first kappa shape index (κ1) is 13.5. The Morgan fingerprint density at radius 2 is 1.48 bits per heavy atom. The third-order valence-corrected chi connectivity index (χ3v) is 5.44. The third kappa shape index (κ3) is 2.06. The first-order chi connectivity index (χ1) is 10.2. The number of carbonyl (C=O) groups excluding carboxylic acids is 2. The molecule has 2 aliphatic carbocycles. The van der Waals surface area contributed by atoms with Crippen molar-refractivity contribution in [3.8, 4) is 0 Å². The predicted molar refractivity (Wildman–Crippen MR) is 74.1 cm³/mol. The van der Waals surface area contributed by atoms with Crippen LogP contribution in [0.15, 0.2) is 12.2 Å². The van der Waals surface area contributed by atoms with Gasteiger partial charge in [0.05, 0.1) is 25.0 Å². The molecule has 2 aliphatic heterocycles.